The first-order valence-electron chi connectivity index (χ1n) is 28.0. The van der Waals surface area contributed by atoms with Gasteiger partial charge in [0.2, 0.25) is 5.91 Å². The zero-order chi connectivity index (χ0) is 47.1. The fourth-order valence-electron chi connectivity index (χ4n) is 8.57. The molecule has 0 bridgehead atoms. The molecule has 0 heterocycles. The van der Waals surface area contributed by atoms with E-state index in [9.17, 15) is 19.4 Å². The Kier molecular flexibility index (Phi) is 46.8. The predicted molar refractivity (Wildman–Crippen MR) is 275 cm³/mol. The number of phosphoric ester groups is 1. The monoisotopic (exact) mass is 927 g/mol. The molecule has 0 fully saturated rings. The van der Waals surface area contributed by atoms with E-state index in [0.717, 1.165) is 51.4 Å². The van der Waals surface area contributed by atoms with E-state index in [4.69, 9.17) is 9.05 Å². The van der Waals surface area contributed by atoms with E-state index in [1.54, 1.807) is 0 Å². The van der Waals surface area contributed by atoms with Crippen molar-refractivity contribution in [3.63, 3.8) is 0 Å². The summed E-state index contributed by atoms with van der Waals surface area (Å²) in [5, 5.41) is 14.0. The van der Waals surface area contributed by atoms with Crippen molar-refractivity contribution >= 4 is 13.7 Å². The molecular weight excluding hydrogens is 816 g/mol. The molecule has 0 radical (unpaired) electrons. The van der Waals surface area contributed by atoms with Gasteiger partial charge < -0.3 is 28.8 Å². The maximum atomic E-state index is 12.9. The third kappa shape index (κ3) is 49.2. The van der Waals surface area contributed by atoms with Crippen LogP contribution in [0.1, 0.15) is 284 Å². The average molecular weight is 927 g/mol. The molecule has 0 aromatic carbocycles. The van der Waals surface area contributed by atoms with Gasteiger partial charge >= 0.3 is 0 Å². The third-order valence-electron chi connectivity index (χ3n) is 13.0. The van der Waals surface area contributed by atoms with E-state index in [1.165, 1.54) is 205 Å². The van der Waals surface area contributed by atoms with Crippen molar-refractivity contribution in [3.8, 4) is 0 Å². The molecular formula is C55H111N2O6P. The van der Waals surface area contributed by atoms with Crippen LogP contribution in [0.2, 0.25) is 0 Å². The molecule has 1 amide bonds. The summed E-state index contributed by atoms with van der Waals surface area (Å²) in [7, 11) is 1.31. The SMILES string of the molecule is CCCCCC/C=C\CCCCCCCC(=O)NC(COP(=O)([O-])OCC[N+](C)(C)C)C(O)CCCCCCCCCCCCCCCCCCCCCCCCCCCCCCC. The molecule has 382 valence electrons. The lowest BCUT2D eigenvalue weighted by Crippen LogP contribution is -2.46. The molecule has 3 unspecified atom stereocenters. The second kappa shape index (κ2) is 47.3. The number of likely N-dealkylation sites (N-methyl/N-ethyl adjacent to an activating group) is 1. The summed E-state index contributed by atoms with van der Waals surface area (Å²) in [5.41, 5.74) is 0. The standard InChI is InChI=1S/C55H111N2O6P/c1-6-8-10-12-14-16-18-20-21-22-23-24-25-26-27-28-29-30-31-32-33-34-35-37-38-40-42-44-46-48-54(58)53(52-63-64(60,61)62-51-50-57(3,4)5)56-55(59)49-47-45-43-41-39-36-19-17-15-13-11-9-7-2/h17,19,53-54,58H,6-16,18,20-52H2,1-5H3,(H-,56,59,60,61)/b19-17-. The first kappa shape index (κ1) is 63.2. The summed E-state index contributed by atoms with van der Waals surface area (Å²) in [6.07, 6.45) is 56.8. The zero-order valence-electron chi connectivity index (χ0n) is 43.5. The van der Waals surface area contributed by atoms with Crippen LogP contribution in [0.4, 0.5) is 0 Å². The predicted octanol–water partition coefficient (Wildman–Crippen LogP) is 16.0. The van der Waals surface area contributed by atoms with Crippen molar-refractivity contribution in [3.05, 3.63) is 12.2 Å². The highest BCUT2D eigenvalue weighted by Crippen LogP contribution is 2.38. The average Bonchev–Trinajstić information content (AvgIpc) is 3.25. The highest BCUT2D eigenvalue weighted by atomic mass is 31.2. The maximum Gasteiger partial charge on any atom is 0.268 e. The summed E-state index contributed by atoms with van der Waals surface area (Å²) < 4.78 is 23.4. The van der Waals surface area contributed by atoms with Crippen molar-refractivity contribution in [2.75, 3.05) is 40.9 Å². The van der Waals surface area contributed by atoms with Gasteiger partial charge in [0.05, 0.1) is 39.9 Å². The maximum absolute atomic E-state index is 12.9. The summed E-state index contributed by atoms with van der Waals surface area (Å²) in [4.78, 5) is 25.4. The van der Waals surface area contributed by atoms with Gasteiger partial charge in [-0.25, -0.2) is 0 Å². The van der Waals surface area contributed by atoms with Crippen molar-refractivity contribution in [2.45, 2.75) is 296 Å². The van der Waals surface area contributed by atoms with Gasteiger partial charge in [-0.3, -0.25) is 9.36 Å². The molecule has 0 rings (SSSR count). The number of rotatable bonds is 52. The fourth-order valence-corrected chi connectivity index (χ4v) is 9.29. The van der Waals surface area contributed by atoms with Crippen molar-refractivity contribution in [2.24, 2.45) is 0 Å². The van der Waals surface area contributed by atoms with Crippen LogP contribution >= 0.6 is 7.82 Å². The Morgan fingerprint density at radius 3 is 1.23 bits per heavy atom. The molecule has 0 aromatic heterocycles. The van der Waals surface area contributed by atoms with Crippen molar-refractivity contribution in [1.82, 2.24) is 5.32 Å². The Morgan fingerprint density at radius 1 is 0.531 bits per heavy atom. The van der Waals surface area contributed by atoms with Crippen molar-refractivity contribution in [1.29, 1.82) is 0 Å². The minimum Gasteiger partial charge on any atom is -0.756 e. The molecule has 0 aliphatic carbocycles. The topological polar surface area (TPSA) is 108 Å². The Morgan fingerprint density at radius 2 is 0.859 bits per heavy atom. The lowest BCUT2D eigenvalue weighted by atomic mass is 10.0. The number of carbonyl (C=O) groups is 1. The molecule has 9 heteroatoms. The van der Waals surface area contributed by atoms with Crippen LogP contribution in [0.3, 0.4) is 0 Å². The number of aliphatic hydroxyl groups excluding tert-OH is 1. The first-order chi connectivity index (χ1) is 31.0. The van der Waals surface area contributed by atoms with Crippen LogP contribution < -0.4 is 10.2 Å². The summed E-state index contributed by atoms with van der Waals surface area (Å²) >= 11 is 0. The molecule has 3 atom stereocenters. The van der Waals surface area contributed by atoms with E-state index in [1.807, 2.05) is 21.1 Å². The van der Waals surface area contributed by atoms with E-state index >= 15 is 0 Å². The van der Waals surface area contributed by atoms with Crippen LogP contribution in [0.15, 0.2) is 12.2 Å². The van der Waals surface area contributed by atoms with Gasteiger partial charge in [-0.1, -0.05) is 251 Å². The lowest BCUT2D eigenvalue weighted by molar-refractivity contribution is -0.870. The second-order valence-electron chi connectivity index (χ2n) is 20.6. The Bertz CT molecular complexity index is 1050. The number of nitrogens with zero attached hydrogens (tertiary/aromatic N) is 1. The number of unbranched alkanes of at least 4 members (excludes halogenated alkanes) is 37. The number of aliphatic hydroxyl groups is 1. The smallest absolute Gasteiger partial charge is 0.268 e. The number of quaternary nitrogens is 1. The number of nitrogens with one attached hydrogen (secondary N) is 1. The first-order valence-corrected chi connectivity index (χ1v) is 29.5. The fraction of sp³-hybridized carbons (Fsp3) is 0.945. The highest BCUT2D eigenvalue weighted by molar-refractivity contribution is 7.45. The minimum atomic E-state index is -4.57. The number of amides is 1. The largest absolute Gasteiger partial charge is 0.756 e. The lowest BCUT2D eigenvalue weighted by Gasteiger charge is -2.30. The van der Waals surface area contributed by atoms with Gasteiger partial charge in [0, 0.05) is 6.42 Å². The molecule has 0 saturated carbocycles. The molecule has 2 N–H and O–H groups in total. The van der Waals surface area contributed by atoms with Gasteiger partial charge in [-0.15, -0.1) is 0 Å². The van der Waals surface area contributed by atoms with Crippen LogP contribution in [0.25, 0.3) is 0 Å². The van der Waals surface area contributed by atoms with Gasteiger partial charge in [0.15, 0.2) is 0 Å². The van der Waals surface area contributed by atoms with E-state index in [2.05, 4.69) is 31.3 Å². The van der Waals surface area contributed by atoms with E-state index < -0.39 is 20.0 Å². The number of allylic oxidation sites excluding steroid dienone is 2. The highest BCUT2D eigenvalue weighted by Gasteiger charge is 2.24. The van der Waals surface area contributed by atoms with Gasteiger partial charge in [0.25, 0.3) is 7.82 Å². The van der Waals surface area contributed by atoms with Crippen LogP contribution in [0, 0.1) is 0 Å². The summed E-state index contributed by atoms with van der Waals surface area (Å²) in [6, 6.07) is -0.802. The summed E-state index contributed by atoms with van der Waals surface area (Å²) in [5.74, 6) is -0.170. The Hall–Kier alpha value is -0.760. The number of phosphoric acid groups is 1. The van der Waals surface area contributed by atoms with Crippen LogP contribution in [0.5, 0.6) is 0 Å². The van der Waals surface area contributed by atoms with E-state index in [0.29, 0.717) is 23.9 Å². The third-order valence-corrected chi connectivity index (χ3v) is 14.0. The minimum absolute atomic E-state index is 0.0127. The molecule has 0 aliphatic rings. The number of carbonyl (C=O) groups excluding carboxylic acids is 1. The molecule has 0 aromatic rings. The number of hydrogen-bond acceptors (Lipinski definition) is 6. The molecule has 64 heavy (non-hydrogen) atoms. The summed E-state index contributed by atoms with van der Waals surface area (Å²) in [6.45, 7) is 4.73. The normalized spacial score (nSPS) is 14.0. The van der Waals surface area contributed by atoms with Gasteiger partial charge in [0.1, 0.15) is 13.2 Å². The quantitative estimate of drug-likeness (QED) is 0.0272. The number of hydrogen-bond donors (Lipinski definition) is 2. The Balaban J connectivity index is 4.04. The van der Waals surface area contributed by atoms with Crippen molar-refractivity contribution < 1.29 is 32.9 Å². The molecule has 0 spiro atoms. The molecule has 8 nitrogen and oxygen atoms in total. The van der Waals surface area contributed by atoms with E-state index in [-0.39, 0.29) is 19.1 Å². The zero-order valence-corrected chi connectivity index (χ0v) is 44.4. The Labute approximate surface area is 399 Å². The van der Waals surface area contributed by atoms with Crippen LogP contribution in [-0.2, 0) is 18.4 Å². The molecule has 0 aliphatic heterocycles. The molecule has 0 saturated heterocycles. The van der Waals surface area contributed by atoms with Crippen LogP contribution in [-0.4, -0.2) is 68.5 Å². The second-order valence-corrected chi connectivity index (χ2v) is 22.1. The van der Waals surface area contributed by atoms with Gasteiger partial charge in [-0.2, -0.15) is 0 Å². The van der Waals surface area contributed by atoms with Gasteiger partial charge in [-0.05, 0) is 38.5 Å².